The van der Waals surface area contributed by atoms with E-state index < -0.39 is 0 Å². The summed E-state index contributed by atoms with van der Waals surface area (Å²) in [6.45, 7) is 1.79. The van der Waals surface area contributed by atoms with Gasteiger partial charge in [0.25, 0.3) is 0 Å². The molecule has 5 heteroatoms. The maximum atomic E-state index is 11.8. The van der Waals surface area contributed by atoms with Crippen molar-refractivity contribution in [2.75, 3.05) is 6.54 Å². The van der Waals surface area contributed by atoms with E-state index in [1.807, 2.05) is 16.6 Å². The summed E-state index contributed by atoms with van der Waals surface area (Å²) in [5.41, 5.74) is 1.82. The predicted octanol–water partition coefficient (Wildman–Crippen LogP) is 0.606. The van der Waals surface area contributed by atoms with Crippen molar-refractivity contribution in [3.63, 3.8) is 0 Å². The van der Waals surface area contributed by atoms with Crippen LogP contribution < -0.4 is 5.32 Å². The minimum absolute atomic E-state index is 0.283. The molecule has 2 aliphatic heterocycles. The molecule has 80 valence electrons. The van der Waals surface area contributed by atoms with Crippen molar-refractivity contribution in [1.29, 1.82) is 0 Å². The van der Waals surface area contributed by atoms with E-state index in [0.717, 1.165) is 19.5 Å². The van der Waals surface area contributed by atoms with Crippen LogP contribution in [0.2, 0.25) is 0 Å². The number of hydrogen-bond donors (Lipinski definition) is 1. The standard InChI is InChI=1S/C10H13N3OS/c14-10-3-8-9(1-2-12-8)13(10)5-7-4-11-6-15-7/h4,6,8-9,12H,1-3,5H2/t8-,9-/m0/s1. The van der Waals surface area contributed by atoms with Gasteiger partial charge < -0.3 is 10.2 Å². The van der Waals surface area contributed by atoms with Crippen LogP contribution in [0.4, 0.5) is 0 Å². The molecule has 1 amide bonds. The number of rotatable bonds is 2. The van der Waals surface area contributed by atoms with Gasteiger partial charge in [-0.15, -0.1) is 11.3 Å². The molecule has 2 atom stereocenters. The topological polar surface area (TPSA) is 45.2 Å². The maximum Gasteiger partial charge on any atom is 0.224 e. The van der Waals surface area contributed by atoms with Crippen molar-refractivity contribution >= 4 is 17.2 Å². The Kier molecular flexibility index (Phi) is 2.21. The maximum absolute atomic E-state index is 11.8. The van der Waals surface area contributed by atoms with Gasteiger partial charge in [0, 0.05) is 29.6 Å². The number of carbonyl (C=O) groups excluding carboxylic acids is 1. The minimum atomic E-state index is 0.283. The Balaban J connectivity index is 1.77. The number of thiazole rings is 1. The molecule has 0 radical (unpaired) electrons. The smallest absolute Gasteiger partial charge is 0.224 e. The summed E-state index contributed by atoms with van der Waals surface area (Å²) in [4.78, 5) is 19.0. The van der Waals surface area contributed by atoms with Crippen molar-refractivity contribution in [1.82, 2.24) is 15.2 Å². The average Bonchev–Trinajstić information content (AvgIpc) is 2.86. The fourth-order valence-electron chi connectivity index (χ4n) is 2.52. The molecule has 3 rings (SSSR count). The second kappa shape index (κ2) is 3.57. The third-order valence-electron chi connectivity index (χ3n) is 3.24. The molecular weight excluding hydrogens is 210 g/mol. The van der Waals surface area contributed by atoms with Crippen LogP contribution in [0.1, 0.15) is 17.7 Å². The summed E-state index contributed by atoms with van der Waals surface area (Å²) >= 11 is 1.62. The normalized spacial score (nSPS) is 29.9. The Morgan fingerprint density at radius 3 is 3.40 bits per heavy atom. The van der Waals surface area contributed by atoms with Crippen molar-refractivity contribution in [3.05, 3.63) is 16.6 Å². The van der Waals surface area contributed by atoms with Gasteiger partial charge >= 0.3 is 0 Å². The molecular formula is C10H13N3OS. The first-order valence-corrected chi connectivity index (χ1v) is 6.13. The summed E-state index contributed by atoms with van der Waals surface area (Å²) in [6, 6.07) is 0.810. The highest BCUT2D eigenvalue weighted by atomic mass is 32.1. The Bertz CT molecular complexity index is 365. The van der Waals surface area contributed by atoms with Gasteiger partial charge in [0.2, 0.25) is 5.91 Å². The minimum Gasteiger partial charge on any atom is -0.333 e. The van der Waals surface area contributed by atoms with Gasteiger partial charge in [-0.25, -0.2) is 0 Å². The van der Waals surface area contributed by atoms with E-state index in [-0.39, 0.29) is 5.91 Å². The number of likely N-dealkylation sites (tertiary alicyclic amines) is 1. The highest BCUT2D eigenvalue weighted by Crippen LogP contribution is 2.28. The molecule has 15 heavy (non-hydrogen) atoms. The number of aromatic nitrogens is 1. The lowest BCUT2D eigenvalue weighted by Crippen LogP contribution is -2.35. The summed E-state index contributed by atoms with van der Waals surface area (Å²) in [5, 5.41) is 3.38. The molecule has 1 N–H and O–H groups in total. The predicted molar refractivity (Wildman–Crippen MR) is 57.5 cm³/mol. The van der Waals surface area contributed by atoms with E-state index >= 15 is 0 Å². The highest BCUT2D eigenvalue weighted by Gasteiger charge is 2.42. The summed E-state index contributed by atoms with van der Waals surface area (Å²) in [5.74, 6) is 0.283. The van der Waals surface area contributed by atoms with Crippen LogP contribution in [0.25, 0.3) is 0 Å². The highest BCUT2D eigenvalue weighted by molar-refractivity contribution is 7.09. The molecule has 1 aromatic rings. The van der Waals surface area contributed by atoms with E-state index in [1.165, 1.54) is 4.88 Å². The van der Waals surface area contributed by atoms with E-state index in [1.54, 1.807) is 11.3 Å². The molecule has 2 aliphatic rings. The van der Waals surface area contributed by atoms with Crippen LogP contribution in [-0.4, -0.2) is 34.4 Å². The number of nitrogens with zero attached hydrogens (tertiary/aromatic N) is 2. The van der Waals surface area contributed by atoms with Crippen LogP contribution in [0.3, 0.4) is 0 Å². The van der Waals surface area contributed by atoms with Crippen molar-refractivity contribution < 1.29 is 4.79 Å². The molecule has 0 saturated carbocycles. The second-order valence-electron chi connectivity index (χ2n) is 4.11. The van der Waals surface area contributed by atoms with E-state index in [2.05, 4.69) is 10.3 Å². The molecule has 0 unspecified atom stereocenters. The van der Waals surface area contributed by atoms with Crippen LogP contribution >= 0.6 is 11.3 Å². The zero-order chi connectivity index (χ0) is 10.3. The number of amides is 1. The number of nitrogens with one attached hydrogen (secondary N) is 1. The molecule has 0 bridgehead atoms. The first kappa shape index (κ1) is 9.30. The lowest BCUT2D eigenvalue weighted by Gasteiger charge is -2.22. The van der Waals surface area contributed by atoms with Crippen LogP contribution in [0.15, 0.2) is 11.7 Å². The van der Waals surface area contributed by atoms with E-state index in [4.69, 9.17) is 0 Å². The molecule has 4 nitrogen and oxygen atoms in total. The summed E-state index contributed by atoms with van der Waals surface area (Å²) < 4.78 is 0. The van der Waals surface area contributed by atoms with Gasteiger partial charge in [-0.1, -0.05) is 0 Å². The fourth-order valence-corrected chi connectivity index (χ4v) is 3.11. The van der Waals surface area contributed by atoms with Crippen LogP contribution in [0, 0.1) is 0 Å². The van der Waals surface area contributed by atoms with Gasteiger partial charge in [0.15, 0.2) is 0 Å². The Hall–Kier alpha value is -0.940. The van der Waals surface area contributed by atoms with Crippen LogP contribution in [0.5, 0.6) is 0 Å². The van der Waals surface area contributed by atoms with E-state index in [9.17, 15) is 4.79 Å². The number of fused-ring (bicyclic) bond motifs is 1. The van der Waals surface area contributed by atoms with Crippen molar-refractivity contribution in [2.24, 2.45) is 0 Å². The SMILES string of the molecule is O=C1C[C@@H]2NCC[C@@H]2N1Cc1cncs1. The third kappa shape index (κ3) is 1.55. The van der Waals surface area contributed by atoms with Gasteiger partial charge in [0.1, 0.15) is 0 Å². The zero-order valence-electron chi connectivity index (χ0n) is 8.35. The molecule has 1 aromatic heterocycles. The lowest BCUT2D eigenvalue weighted by atomic mass is 10.1. The first-order chi connectivity index (χ1) is 7.34. The second-order valence-corrected chi connectivity index (χ2v) is 5.08. The lowest BCUT2D eigenvalue weighted by molar-refractivity contribution is -0.129. The van der Waals surface area contributed by atoms with Gasteiger partial charge in [-0.3, -0.25) is 9.78 Å². The molecule has 2 fully saturated rings. The monoisotopic (exact) mass is 223 g/mol. The Morgan fingerprint density at radius 2 is 2.60 bits per heavy atom. The number of hydrogen-bond acceptors (Lipinski definition) is 4. The van der Waals surface area contributed by atoms with Crippen molar-refractivity contribution in [2.45, 2.75) is 31.5 Å². The molecule has 2 saturated heterocycles. The quantitative estimate of drug-likeness (QED) is 0.799. The molecule has 0 aliphatic carbocycles. The largest absolute Gasteiger partial charge is 0.333 e. The van der Waals surface area contributed by atoms with Crippen molar-refractivity contribution in [3.8, 4) is 0 Å². The summed E-state index contributed by atoms with van der Waals surface area (Å²) in [6.07, 6.45) is 3.62. The van der Waals surface area contributed by atoms with Gasteiger partial charge in [-0.2, -0.15) is 0 Å². The van der Waals surface area contributed by atoms with Gasteiger partial charge in [0.05, 0.1) is 12.1 Å². The molecule has 0 aromatic carbocycles. The Morgan fingerprint density at radius 1 is 1.67 bits per heavy atom. The Labute approximate surface area is 92.3 Å². The van der Waals surface area contributed by atoms with E-state index in [0.29, 0.717) is 18.5 Å². The number of carbonyl (C=O) groups is 1. The first-order valence-electron chi connectivity index (χ1n) is 5.25. The molecule has 0 spiro atoms. The fraction of sp³-hybridized carbons (Fsp3) is 0.600. The summed E-state index contributed by atoms with van der Waals surface area (Å²) in [7, 11) is 0. The third-order valence-corrected chi connectivity index (χ3v) is 4.00. The average molecular weight is 223 g/mol. The van der Waals surface area contributed by atoms with Crippen LogP contribution in [-0.2, 0) is 11.3 Å². The molecule has 3 heterocycles. The van der Waals surface area contributed by atoms with Gasteiger partial charge in [-0.05, 0) is 13.0 Å². The zero-order valence-corrected chi connectivity index (χ0v) is 9.17.